The van der Waals surface area contributed by atoms with Crippen LogP contribution in [0.2, 0.25) is 0 Å². The first-order valence-electron chi connectivity index (χ1n) is 6.63. The van der Waals surface area contributed by atoms with Gasteiger partial charge in [0.2, 0.25) is 0 Å². The van der Waals surface area contributed by atoms with Crippen molar-refractivity contribution < 1.29 is 23.8 Å². The summed E-state index contributed by atoms with van der Waals surface area (Å²) in [6.45, 7) is 1.55. The average Bonchev–Trinajstić information content (AvgIpc) is 3.22. The van der Waals surface area contributed by atoms with Crippen molar-refractivity contribution in [2.24, 2.45) is 0 Å². The van der Waals surface area contributed by atoms with Gasteiger partial charge in [0.25, 0.3) is 5.91 Å². The second kappa shape index (κ2) is 6.39. The number of ether oxygens (including phenoxy) is 1. The topological polar surface area (TPSA) is 75.6 Å². The Balaban J connectivity index is 1.99. The maximum absolute atomic E-state index is 13.8. The van der Waals surface area contributed by atoms with Gasteiger partial charge in [-0.2, -0.15) is 0 Å². The van der Waals surface area contributed by atoms with Crippen LogP contribution in [0, 0.1) is 5.82 Å². The first-order valence-corrected chi connectivity index (χ1v) is 6.63. The van der Waals surface area contributed by atoms with Crippen molar-refractivity contribution in [2.45, 2.75) is 31.9 Å². The van der Waals surface area contributed by atoms with E-state index in [-0.39, 0.29) is 17.7 Å². The molecule has 1 saturated carbocycles. The van der Waals surface area contributed by atoms with Crippen LogP contribution in [-0.4, -0.2) is 29.1 Å². The summed E-state index contributed by atoms with van der Waals surface area (Å²) >= 11 is 0. The van der Waals surface area contributed by atoms with Crippen LogP contribution in [0.5, 0.6) is 5.75 Å². The smallest absolute Gasteiger partial charge is 0.328 e. The number of carboxylic acid groups (broad SMARTS) is 1. The van der Waals surface area contributed by atoms with Crippen LogP contribution in [0.4, 0.5) is 4.39 Å². The monoisotopic (exact) mass is 293 g/mol. The van der Waals surface area contributed by atoms with Crippen LogP contribution in [0.1, 0.15) is 25.3 Å². The minimum absolute atomic E-state index is 0.0408. The molecule has 0 aromatic heterocycles. The van der Waals surface area contributed by atoms with Gasteiger partial charge in [-0.05, 0) is 43.5 Å². The van der Waals surface area contributed by atoms with E-state index in [1.807, 2.05) is 0 Å². The number of carbonyl (C=O) groups excluding carboxylic acids is 1. The van der Waals surface area contributed by atoms with E-state index in [4.69, 9.17) is 9.84 Å². The van der Waals surface area contributed by atoms with E-state index in [1.54, 1.807) is 6.92 Å². The molecule has 2 rings (SSSR count). The maximum atomic E-state index is 13.8. The number of benzene rings is 1. The van der Waals surface area contributed by atoms with Crippen molar-refractivity contribution in [3.05, 3.63) is 35.7 Å². The van der Waals surface area contributed by atoms with Gasteiger partial charge in [-0.1, -0.05) is 6.07 Å². The third kappa shape index (κ3) is 4.59. The molecule has 1 fully saturated rings. The summed E-state index contributed by atoms with van der Waals surface area (Å²) in [5.74, 6) is -2.07. The Hall–Kier alpha value is -2.37. The normalized spacial score (nSPS) is 15.7. The lowest BCUT2D eigenvalue weighted by Crippen LogP contribution is -2.37. The van der Waals surface area contributed by atoms with Gasteiger partial charge < -0.3 is 15.2 Å². The lowest BCUT2D eigenvalue weighted by atomic mass is 10.2. The quantitative estimate of drug-likeness (QED) is 0.786. The largest absolute Gasteiger partial charge is 0.478 e. The molecule has 21 heavy (non-hydrogen) atoms. The van der Waals surface area contributed by atoms with Crippen LogP contribution < -0.4 is 10.1 Å². The number of rotatable bonds is 6. The molecule has 112 valence electrons. The van der Waals surface area contributed by atoms with Crippen LogP contribution in [0.25, 0.3) is 6.08 Å². The summed E-state index contributed by atoms with van der Waals surface area (Å²) < 4.78 is 19.1. The highest BCUT2D eigenvalue weighted by molar-refractivity contribution is 5.85. The first kappa shape index (κ1) is 15.0. The van der Waals surface area contributed by atoms with Gasteiger partial charge in [-0.3, -0.25) is 4.79 Å². The summed E-state index contributed by atoms with van der Waals surface area (Å²) in [5.41, 5.74) is 0.400. The molecule has 1 atom stereocenters. The molecule has 1 aromatic carbocycles. The van der Waals surface area contributed by atoms with Gasteiger partial charge in [-0.25, -0.2) is 9.18 Å². The Labute approximate surface area is 121 Å². The number of hydrogen-bond donors (Lipinski definition) is 2. The highest BCUT2D eigenvalue weighted by Gasteiger charge is 2.26. The van der Waals surface area contributed by atoms with E-state index >= 15 is 0 Å². The molecule has 1 amide bonds. The summed E-state index contributed by atoms with van der Waals surface area (Å²) in [5, 5.41) is 11.3. The van der Waals surface area contributed by atoms with Crippen molar-refractivity contribution in [2.75, 3.05) is 0 Å². The molecule has 0 bridgehead atoms. The minimum Gasteiger partial charge on any atom is -0.478 e. The molecule has 1 aromatic rings. The summed E-state index contributed by atoms with van der Waals surface area (Å²) in [7, 11) is 0. The van der Waals surface area contributed by atoms with E-state index in [0.717, 1.165) is 25.0 Å². The average molecular weight is 293 g/mol. The molecule has 0 heterocycles. The predicted octanol–water partition coefficient (Wildman–Crippen LogP) is 1.97. The predicted molar refractivity (Wildman–Crippen MR) is 74.3 cm³/mol. The SMILES string of the molecule is CC(Oc1ccc(/C=C/C(=O)O)cc1F)C(=O)NC1CC1. The fourth-order valence-electron chi connectivity index (χ4n) is 1.67. The third-order valence-corrected chi connectivity index (χ3v) is 2.97. The molecular weight excluding hydrogens is 277 g/mol. The van der Waals surface area contributed by atoms with E-state index in [0.29, 0.717) is 5.56 Å². The number of hydrogen-bond acceptors (Lipinski definition) is 3. The fourth-order valence-corrected chi connectivity index (χ4v) is 1.67. The molecular formula is C15H16FNO4. The van der Waals surface area contributed by atoms with Crippen molar-refractivity contribution in [3.63, 3.8) is 0 Å². The molecule has 0 radical (unpaired) electrons. The first-order chi connectivity index (χ1) is 9.95. The van der Waals surface area contributed by atoms with Crippen molar-refractivity contribution in [3.8, 4) is 5.75 Å². The number of amides is 1. The van der Waals surface area contributed by atoms with Crippen molar-refractivity contribution >= 4 is 18.0 Å². The standard InChI is InChI=1S/C15H16FNO4/c1-9(15(20)17-11-4-5-11)21-13-6-2-10(8-12(13)16)3-7-14(18)19/h2-3,6-9,11H,4-5H2,1H3,(H,17,20)(H,18,19)/b7-3+. The van der Waals surface area contributed by atoms with Crippen LogP contribution in [0.15, 0.2) is 24.3 Å². The Kier molecular flexibility index (Phi) is 4.57. The second-order valence-corrected chi connectivity index (χ2v) is 4.90. The van der Waals surface area contributed by atoms with Crippen molar-refractivity contribution in [1.82, 2.24) is 5.32 Å². The summed E-state index contributed by atoms with van der Waals surface area (Å²) in [6.07, 6.45) is 3.34. The van der Waals surface area contributed by atoms with E-state index in [1.165, 1.54) is 18.2 Å². The maximum Gasteiger partial charge on any atom is 0.328 e. The number of halogens is 1. The van der Waals surface area contributed by atoms with Gasteiger partial charge >= 0.3 is 5.97 Å². The van der Waals surface area contributed by atoms with Crippen LogP contribution in [0.3, 0.4) is 0 Å². The molecule has 0 aliphatic heterocycles. The highest BCUT2D eigenvalue weighted by atomic mass is 19.1. The minimum atomic E-state index is -1.11. The van der Waals surface area contributed by atoms with Gasteiger partial charge in [0.1, 0.15) is 0 Å². The molecule has 6 heteroatoms. The molecule has 2 N–H and O–H groups in total. The van der Waals surface area contributed by atoms with Crippen molar-refractivity contribution in [1.29, 1.82) is 0 Å². The number of carboxylic acids is 1. The van der Waals surface area contributed by atoms with E-state index < -0.39 is 17.9 Å². The lowest BCUT2D eigenvalue weighted by Gasteiger charge is -2.15. The molecule has 1 aliphatic rings. The zero-order chi connectivity index (χ0) is 15.4. The Morgan fingerprint density at radius 2 is 2.19 bits per heavy atom. The number of aliphatic carboxylic acids is 1. The Morgan fingerprint density at radius 3 is 2.76 bits per heavy atom. The molecule has 1 unspecified atom stereocenters. The lowest BCUT2D eigenvalue weighted by molar-refractivity contribution is -0.131. The number of nitrogens with one attached hydrogen (secondary N) is 1. The van der Waals surface area contributed by atoms with Gasteiger partial charge in [0.15, 0.2) is 17.7 Å². The molecule has 1 aliphatic carbocycles. The second-order valence-electron chi connectivity index (χ2n) is 4.90. The zero-order valence-corrected chi connectivity index (χ0v) is 11.5. The molecule has 5 nitrogen and oxygen atoms in total. The van der Waals surface area contributed by atoms with Crippen LogP contribution >= 0.6 is 0 Å². The fraction of sp³-hybridized carbons (Fsp3) is 0.333. The summed E-state index contributed by atoms with van der Waals surface area (Å²) in [4.78, 5) is 22.1. The third-order valence-electron chi connectivity index (χ3n) is 2.97. The van der Waals surface area contributed by atoms with E-state index in [2.05, 4.69) is 5.32 Å². The Bertz CT molecular complexity index is 581. The molecule has 0 saturated heterocycles. The zero-order valence-electron chi connectivity index (χ0n) is 11.5. The van der Waals surface area contributed by atoms with Crippen LogP contribution in [-0.2, 0) is 9.59 Å². The molecule has 0 spiro atoms. The number of carbonyl (C=O) groups is 2. The van der Waals surface area contributed by atoms with Gasteiger partial charge in [0.05, 0.1) is 0 Å². The summed E-state index contributed by atoms with van der Waals surface area (Å²) in [6, 6.07) is 4.26. The highest BCUT2D eigenvalue weighted by Crippen LogP contribution is 2.22. The van der Waals surface area contributed by atoms with Gasteiger partial charge in [0, 0.05) is 12.1 Å². The van der Waals surface area contributed by atoms with Gasteiger partial charge in [-0.15, -0.1) is 0 Å². The van der Waals surface area contributed by atoms with E-state index in [9.17, 15) is 14.0 Å². The Morgan fingerprint density at radius 1 is 1.48 bits per heavy atom.